The highest BCUT2D eigenvalue weighted by molar-refractivity contribution is 9.10. The van der Waals surface area contributed by atoms with Gasteiger partial charge in [-0.15, -0.1) is 0 Å². The summed E-state index contributed by atoms with van der Waals surface area (Å²) < 4.78 is 0.927. The highest BCUT2D eigenvalue weighted by Gasteiger charge is 2.20. The molecule has 0 fully saturated rings. The first-order valence-corrected chi connectivity index (χ1v) is 7.55. The van der Waals surface area contributed by atoms with E-state index in [0.29, 0.717) is 12.6 Å². The lowest BCUT2D eigenvalue weighted by Gasteiger charge is -2.33. The fraction of sp³-hybridized carbons (Fsp3) is 0.571. The summed E-state index contributed by atoms with van der Waals surface area (Å²) in [7, 11) is 2.14. The van der Waals surface area contributed by atoms with Gasteiger partial charge in [-0.25, -0.2) is 0 Å². The quantitative estimate of drug-likeness (QED) is 0.844. The van der Waals surface area contributed by atoms with Gasteiger partial charge in [0.2, 0.25) is 0 Å². The molecule has 0 spiro atoms. The molecular weight excluding hydrogens is 312 g/mol. The number of nitrogens with zero attached hydrogens (tertiary/aromatic N) is 1. The molecular formula is C14H22BrClN2. The Kier molecular flexibility index (Phi) is 6.64. The molecule has 0 radical (unpaired) electrons. The Hall–Kier alpha value is -0.0900. The normalized spacial score (nSPS) is 14.8. The van der Waals surface area contributed by atoms with Gasteiger partial charge >= 0.3 is 0 Å². The third-order valence-corrected chi connectivity index (χ3v) is 4.66. The fourth-order valence-electron chi connectivity index (χ4n) is 2.19. The van der Waals surface area contributed by atoms with Crippen molar-refractivity contribution in [3.63, 3.8) is 0 Å². The number of nitrogens with two attached hydrogens (primary N) is 1. The Morgan fingerprint density at radius 1 is 1.44 bits per heavy atom. The van der Waals surface area contributed by atoms with Gasteiger partial charge in [-0.05, 0) is 54.0 Å². The highest BCUT2D eigenvalue weighted by atomic mass is 79.9. The number of hydrogen-bond donors (Lipinski definition) is 1. The number of hydrogen-bond acceptors (Lipinski definition) is 2. The monoisotopic (exact) mass is 332 g/mol. The summed E-state index contributed by atoms with van der Waals surface area (Å²) >= 11 is 9.50. The van der Waals surface area contributed by atoms with Crippen molar-refractivity contribution >= 4 is 27.5 Å². The van der Waals surface area contributed by atoms with Crippen LogP contribution in [0.2, 0.25) is 5.02 Å². The standard InChI is InChI=1S/C14H22BrClN2/c1-4-5-10(2)18(3)14(9-17)11-6-7-13(16)12(15)8-11/h6-8,10,14H,4-5,9,17H2,1-3H3. The predicted molar refractivity (Wildman–Crippen MR) is 83.1 cm³/mol. The summed E-state index contributed by atoms with van der Waals surface area (Å²) in [4.78, 5) is 2.35. The molecule has 1 aromatic carbocycles. The first-order chi connectivity index (χ1) is 8.51. The Balaban J connectivity index is 2.91. The van der Waals surface area contributed by atoms with Crippen LogP contribution < -0.4 is 5.73 Å². The van der Waals surface area contributed by atoms with Crippen molar-refractivity contribution in [1.29, 1.82) is 0 Å². The van der Waals surface area contributed by atoms with Gasteiger partial charge < -0.3 is 5.73 Å². The first kappa shape index (κ1) is 16.0. The van der Waals surface area contributed by atoms with E-state index < -0.39 is 0 Å². The minimum absolute atomic E-state index is 0.236. The zero-order valence-corrected chi connectivity index (χ0v) is 13.6. The molecule has 4 heteroatoms. The Morgan fingerprint density at radius 3 is 2.61 bits per heavy atom. The minimum atomic E-state index is 0.236. The topological polar surface area (TPSA) is 29.3 Å². The maximum absolute atomic E-state index is 6.03. The van der Waals surface area contributed by atoms with Crippen molar-refractivity contribution in [3.05, 3.63) is 33.3 Å². The lowest BCUT2D eigenvalue weighted by atomic mass is 10.0. The van der Waals surface area contributed by atoms with Crippen LogP contribution in [-0.4, -0.2) is 24.5 Å². The first-order valence-electron chi connectivity index (χ1n) is 6.38. The molecule has 0 aliphatic heterocycles. The van der Waals surface area contributed by atoms with Crippen LogP contribution in [-0.2, 0) is 0 Å². The van der Waals surface area contributed by atoms with Crippen LogP contribution in [0.3, 0.4) is 0 Å². The van der Waals surface area contributed by atoms with Crippen LogP contribution in [0.15, 0.2) is 22.7 Å². The van der Waals surface area contributed by atoms with E-state index in [4.69, 9.17) is 17.3 Å². The Morgan fingerprint density at radius 2 is 2.11 bits per heavy atom. The molecule has 1 rings (SSSR count). The molecule has 0 heterocycles. The second-order valence-corrected chi connectivity index (χ2v) is 5.99. The summed E-state index contributed by atoms with van der Waals surface area (Å²) in [5.41, 5.74) is 7.15. The Labute approximate surface area is 124 Å². The summed E-state index contributed by atoms with van der Waals surface area (Å²) in [5, 5.41) is 0.735. The fourth-order valence-corrected chi connectivity index (χ4v) is 2.70. The van der Waals surface area contributed by atoms with Gasteiger partial charge in [0.05, 0.1) is 5.02 Å². The van der Waals surface area contributed by atoms with Gasteiger partial charge in [0, 0.05) is 23.1 Å². The van der Waals surface area contributed by atoms with E-state index in [1.165, 1.54) is 18.4 Å². The highest BCUT2D eigenvalue weighted by Crippen LogP contribution is 2.29. The second-order valence-electron chi connectivity index (χ2n) is 4.73. The average molecular weight is 334 g/mol. The van der Waals surface area contributed by atoms with Crippen LogP contribution >= 0.6 is 27.5 Å². The molecule has 0 saturated heterocycles. The van der Waals surface area contributed by atoms with Crippen LogP contribution in [0.4, 0.5) is 0 Å². The van der Waals surface area contributed by atoms with Gasteiger partial charge in [-0.1, -0.05) is 31.0 Å². The minimum Gasteiger partial charge on any atom is -0.329 e. The number of likely N-dealkylation sites (N-methyl/N-ethyl adjacent to an activating group) is 1. The van der Waals surface area contributed by atoms with E-state index in [0.717, 1.165) is 9.50 Å². The predicted octanol–water partition coefficient (Wildman–Crippen LogP) is 4.22. The summed E-state index contributed by atoms with van der Waals surface area (Å²) in [6.45, 7) is 5.07. The van der Waals surface area contributed by atoms with Crippen molar-refractivity contribution < 1.29 is 0 Å². The molecule has 2 atom stereocenters. The lowest BCUT2D eigenvalue weighted by Crippen LogP contribution is -2.37. The molecule has 1 aromatic rings. The summed E-state index contributed by atoms with van der Waals surface area (Å²) in [6, 6.07) is 6.80. The number of benzene rings is 1. The van der Waals surface area contributed by atoms with Crippen LogP contribution in [0.5, 0.6) is 0 Å². The van der Waals surface area contributed by atoms with E-state index in [2.05, 4.69) is 53.9 Å². The maximum atomic E-state index is 6.03. The zero-order chi connectivity index (χ0) is 13.7. The third kappa shape index (κ3) is 3.95. The number of rotatable bonds is 6. The molecule has 0 aliphatic rings. The van der Waals surface area contributed by atoms with Crippen molar-refractivity contribution in [2.45, 2.75) is 38.8 Å². The molecule has 18 heavy (non-hydrogen) atoms. The van der Waals surface area contributed by atoms with Gasteiger partial charge in [0.1, 0.15) is 0 Å². The van der Waals surface area contributed by atoms with Gasteiger partial charge in [-0.3, -0.25) is 4.90 Å². The molecule has 2 N–H and O–H groups in total. The van der Waals surface area contributed by atoms with E-state index in [-0.39, 0.29) is 6.04 Å². The van der Waals surface area contributed by atoms with Crippen molar-refractivity contribution in [2.75, 3.05) is 13.6 Å². The molecule has 2 unspecified atom stereocenters. The van der Waals surface area contributed by atoms with E-state index in [9.17, 15) is 0 Å². The van der Waals surface area contributed by atoms with Crippen molar-refractivity contribution in [2.24, 2.45) is 5.73 Å². The zero-order valence-electron chi connectivity index (χ0n) is 11.3. The van der Waals surface area contributed by atoms with E-state index >= 15 is 0 Å². The smallest absolute Gasteiger partial charge is 0.0548 e. The summed E-state index contributed by atoms with van der Waals surface area (Å²) in [5.74, 6) is 0. The van der Waals surface area contributed by atoms with Crippen molar-refractivity contribution in [1.82, 2.24) is 4.90 Å². The van der Waals surface area contributed by atoms with Crippen LogP contribution in [0.25, 0.3) is 0 Å². The molecule has 2 nitrogen and oxygen atoms in total. The molecule has 0 bridgehead atoms. The van der Waals surface area contributed by atoms with Gasteiger partial charge in [0.25, 0.3) is 0 Å². The largest absolute Gasteiger partial charge is 0.329 e. The summed E-state index contributed by atoms with van der Waals surface area (Å²) in [6.07, 6.45) is 2.37. The molecule has 0 saturated carbocycles. The van der Waals surface area contributed by atoms with Crippen LogP contribution in [0, 0.1) is 0 Å². The lowest BCUT2D eigenvalue weighted by molar-refractivity contribution is 0.180. The van der Waals surface area contributed by atoms with E-state index in [1.54, 1.807) is 0 Å². The Bertz CT molecular complexity index is 384. The van der Waals surface area contributed by atoms with Crippen LogP contribution in [0.1, 0.15) is 38.3 Å². The van der Waals surface area contributed by atoms with Gasteiger partial charge in [-0.2, -0.15) is 0 Å². The molecule has 0 aliphatic carbocycles. The second kappa shape index (κ2) is 7.49. The van der Waals surface area contributed by atoms with Crippen molar-refractivity contribution in [3.8, 4) is 0 Å². The molecule has 0 aromatic heterocycles. The average Bonchev–Trinajstić information content (AvgIpc) is 2.34. The maximum Gasteiger partial charge on any atom is 0.0548 e. The third-order valence-electron chi connectivity index (χ3n) is 3.45. The molecule has 0 amide bonds. The van der Waals surface area contributed by atoms with E-state index in [1.807, 2.05) is 6.07 Å². The number of halogens is 2. The molecule has 102 valence electrons. The SMILES string of the molecule is CCCC(C)N(C)C(CN)c1ccc(Cl)c(Br)c1. The van der Waals surface area contributed by atoms with Gasteiger partial charge in [0.15, 0.2) is 0 Å².